The van der Waals surface area contributed by atoms with Crippen molar-refractivity contribution in [1.82, 2.24) is 9.55 Å². The Bertz CT molecular complexity index is 1030. The van der Waals surface area contributed by atoms with Gasteiger partial charge in [-0.1, -0.05) is 29.8 Å². The van der Waals surface area contributed by atoms with Gasteiger partial charge in [0.05, 0.1) is 11.8 Å². The maximum absolute atomic E-state index is 13.2. The number of carboxylic acid groups (broad SMARTS) is 1. The molecule has 0 spiro atoms. The maximum Gasteiger partial charge on any atom is 0.305 e. The third kappa shape index (κ3) is 2.76. The lowest BCUT2D eigenvalue weighted by atomic mass is 10.1. The summed E-state index contributed by atoms with van der Waals surface area (Å²) in [6.07, 6.45) is 2.89. The van der Waals surface area contributed by atoms with Gasteiger partial charge in [0.15, 0.2) is 0 Å². The zero-order valence-corrected chi connectivity index (χ0v) is 14.7. The van der Waals surface area contributed by atoms with Crippen molar-refractivity contribution >= 4 is 27.5 Å². The highest BCUT2D eigenvalue weighted by molar-refractivity contribution is 7.18. The van der Waals surface area contributed by atoms with Crippen molar-refractivity contribution in [2.45, 2.75) is 39.2 Å². The summed E-state index contributed by atoms with van der Waals surface area (Å²) in [6, 6.07) is 7.81. The fraction of sp³-hybridized carbons (Fsp3) is 0.316. The molecule has 1 N–H and O–H groups in total. The molecule has 4 rings (SSSR count). The van der Waals surface area contributed by atoms with Gasteiger partial charge in [0.25, 0.3) is 5.56 Å². The van der Waals surface area contributed by atoms with Crippen LogP contribution in [0, 0.1) is 6.92 Å². The molecular weight excluding hydrogens is 336 g/mol. The smallest absolute Gasteiger partial charge is 0.305 e. The number of nitrogens with zero attached hydrogens (tertiary/aromatic N) is 2. The van der Waals surface area contributed by atoms with Crippen molar-refractivity contribution < 1.29 is 9.90 Å². The standard InChI is InChI=1S/C19H18N2O3S/c1-11-5-7-12(8-6-11)17-20-18-16(13-3-2-4-14(13)25-18)19(24)21(17)10-9-15(22)23/h5-8H,2-4,9-10H2,1H3,(H,22,23). The van der Waals surface area contributed by atoms with Crippen molar-refractivity contribution in [2.75, 3.05) is 0 Å². The Labute approximate surface area is 148 Å². The molecule has 0 bridgehead atoms. The van der Waals surface area contributed by atoms with Crippen molar-refractivity contribution in [2.24, 2.45) is 0 Å². The van der Waals surface area contributed by atoms with Gasteiger partial charge >= 0.3 is 5.97 Å². The second-order valence-corrected chi connectivity index (χ2v) is 7.52. The molecule has 0 saturated heterocycles. The molecule has 2 aromatic heterocycles. The highest BCUT2D eigenvalue weighted by atomic mass is 32.1. The molecular formula is C19H18N2O3S. The van der Waals surface area contributed by atoms with Crippen LogP contribution in [0.25, 0.3) is 21.6 Å². The zero-order valence-electron chi connectivity index (χ0n) is 13.9. The summed E-state index contributed by atoms with van der Waals surface area (Å²) in [4.78, 5) is 31.0. The first-order valence-electron chi connectivity index (χ1n) is 8.38. The summed E-state index contributed by atoms with van der Waals surface area (Å²) < 4.78 is 1.53. The van der Waals surface area contributed by atoms with Gasteiger partial charge in [-0.2, -0.15) is 0 Å². The monoisotopic (exact) mass is 354 g/mol. The summed E-state index contributed by atoms with van der Waals surface area (Å²) in [5.41, 5.74) is 2.97. The molecule has 0 aliphatic heterocycles. The molecule has 5 nitrogen and oxygen atoms in total. The number of aliphatic carboxylic acids is 1. The maximum atomic E-state index is 13.2. The molecule has 25 heavy (non-hydrogen) atoms. The Hall–Kier alpha value is -2.47. The molecule has 1 aliphatic rings. The SMILES string of the molecule is Cc1ccc(-c2nc3sc4c(c3c(=O)n2CCC(=O)O)CCC4)cc1. The van der Waals surface area contributed by atoms with E-state index in [0.717, 1.165) is 40.8 Å². The first kappa shape index (κ1) is 16.0. The average molecular weight is 354 g/mol. The number of fused-ring (bicyclic) bond motifs is 3. The number of thiophene rings is 1. The third-order valence-electron chi connectivity index (χ3n) is 4.68. The van der Waals surface area contributed by atoms with E-state index >= 15 is 0 Å². The minimum absolute atomic E-state index is 0.0989. The number of hydrogen-bond acceptors (Lipinski definition) is 4. The van der Waals surface area contributed by atoms with Crippen LogP contribution in [0.5, 0.6) is 0 Å². The Kier molecular flexibility index (Phi) is 3.92. The van der Waals surface area contributed by atoms with Crippen LogP contribution in [0.15, 0.2) is 29.1 Å². The van der Waals surface area contributed by atoms with Gasteiger partial charge in [0.2, 0.25) is 0 Å². The van der Waals surface area contributed by atoms with Gasteiger partial charge in [-0.3, -0.25) is 14.2 Å². The molecule has 1 aromatic carbocycles. The lowest BCUT2D eigenvalue weighted by molar-refractivity contribution is -0.137. The Morgan fingerprint density at radius 2 is 2.04 bits per heavy atom. The fourth-order valence-electron chi connectivity index (χ4n) is 3.41. The van der Waals surface area contributed by atoms with Crippen LogP contribution in [0.4, 0.5) is 0 Å². The van der Waals surface area contributed by atoms with E-state index < -0.39 is 5.97 Å². The second-order valence-electron chi connectivity index (χ2n) is 6.44. The molecule has 0 fully saturated rings. The Balaban J connectivity index is 1.96. The van der Waals surface area contributed by atoms with E-state index in [2.05, 4.69) is 0 Å². The number of aryl methyl sites for hydroxylation is 3. The fourth-order valence-corrected chi connectivity index (χ4v) is 4.67. The summed E-state index contributed by atoms with van der Waals surface area (Å²) in [7, 11) is 0. The molecule has 0 radical (unpaired) electrons. The molecule has 6 heteroatoms. The number of hydrogen-bond donors (Lipinski definition) is 1. The number of carboxylic acids is 1. The van der Waals surface area contributed by atoms with Gasteiger partial charge in [-0.25, -0.2) is 4.98 Å². The number of benzene rings is 1. The van der Waals surface area contributed by atoms with Gasteiger partial charge in [-0.05, 0) is 31.7 Å². The van der Waals surface area contributed by atoms with Crippen LogP contribution >= 0.6 is 11.3 Å². The molecule has 0 unspecified atom stereocenters. The van der Waals surface area contributed by atoms with Crippen LogP contribution in [0.2, 0.25) is 0 Å². The van der Waals surface area contributed by atoms with Crippen LogP contribution in [0.1, 0.15) is 28.8 Å². The summed E-state index contributed by atoms with van der Waals surface area (Å²) >= 11 is 1.60. The molecule has 2 heterocycles. The van der Waals surface area contributed by atoms with Gasteiger partial charge in [0, 0.05) is 17.0 Å². The molecule has 0 amide bonds. The predicted molar refractivity (Wildman–Crippen MR) is 98.3 cm³/mol. The quantitative estimate of drug-likeness (QED) is 0.779. The van der Waals surface area contributed by atoms with E-state index in [1.165, 1.54) is 9.44 Å². The molecule has 128 valence electrons. The Morgan fingerprint density at radius 3 is 2.76 bits per heavy atom. The van der Waals surface area contributed by atoms with E-state index in [4.69, 9.17) is 10.1 Å². The van der Waals surface area contributed by atoms with Gasteiger partial charge in [0.1, 0.15) is 10.7 Å². The summed E-state index contributed by atoms with van der Waals surface area (Å²) in [5.74, 6) is -0.365. The summed E-state index contributed by atoms with van der Waals surface area (Å²) in [5, 5.41) is 9.75. The van der Waals surface area contributed by atoms with E-state index in [9.17, 15) is 9.59 Å². The Morgan fingerprint density at radius 1 is 1.28 bits per heavy atom. The van der Waals surface area contributed by atoms with Crippen molar-refractivity contribution in [3.05, 3.63) is 50.6 Å². The molecule has 0 saturated carbocycles. The van der Waals surface area contributed by atoms with Gasteiger partial charge < -0.3 is 5.11 Å². The topological polar surface area (TPSA) is 72.2 Å². The van der Waals surface area contributed by atoms with Crippen LogP contribution in [0.3, 0.4) is 0 Å². The van der Waals surface area contributed by atoms with Crippen LogP contribution < -0.4 is 5.56 Å². The van der Waals surface area contributed by atoms with Crippen molar-refractivity contribution in [1.29, 1.82) is 0 Å². The largest absolute Gasteiger partial charge is 0.481 e. The van der Waals surface area contributed by atoms with Crippen LogP contribution in [-0.4, -0.2) is 20.6 Å². The number of rotatable bonds is 4. The molecule has 1 aliphatic carbocycles. The first-order chi connectivity index (χ1) is 12.0. The molecule has 0 atom stereocenters. The van der Waals surface area contributed by atoms with Crippen LogP contribution in [-0.2, 0) is 24.2 Å². The average Bonchev–Trinajstić information content (AvgIpc) is 3.14. The second kappa shape index (κ2) is 6.11. The zero-order chi connectivity index (χ0) is 17.6. The van der Waals surface area contributed by atoms with E-state index in [-0.39, 0.29) is 18.5 Å². The lowest BCUT2D eigenvalue weighted by Gasteiger charge is -2.12. The van der Waals surface area contributed by atoms with Gasteiger partial charge in [-0.15, -0.1) is 11.3 Å². The number of aromatic nitrogens is 2. The number of carbonyl (C=O) groups is 1. The van der Waals surface area contributed by atoms with Crippen molar-refractivity contribution in [3.8, 4) is 11.4 Å². The summed E-state index contributed by atoms with van der Waals surface area (Å²) in [6.45, 7) is 2.13. The predicted octanol–water partition coefficient (Wildman–Crippen LogP) is 3.40. The first-order valence-corrected chi connectivity index (χ1v) is 9.20. The van der Waals surface area contributed by atoms with E-state index in [1.807, 2.05) is 31.2 Å². The minimum Gasteiger partial charge on any atom is -0.481 e. The highest BCUT2D eigenvalue weighted by Crippen LogP contribution is 2.35. The normalized spacial score (nSPS) is 13.3. The van der Waals surface area contributed by atoms with Crippen molar-refractivity contribution in [3.63, 3.8) is 0 Å². The van der Waals surface area contributed by atoms with E-state index in [0.29, 0.717) is 11.2 Å². The van der Waals surface area contributed by atoms with E-state index in [1.54, 1.807) is 11.3 Å². The molecule has 3 aromatic rings. The third-order valence-corrected chi connectivity index (χ3v) is 5.87. The lowest BCUT2D eigenvalue weighted by Crippen LogP contribution is -2.24. The minimum atomic E-state index is -0.919. The highest BCUT2D eigenvalue weighted by Gasteiger charge is 2.23.